The Morgan fingerprint density at radius 3 is 2.37 bits per heavy atom. The Morgan fingerprint density at radius 1 is 1.02 bits per heavy atom. The molecule has 3 fully saturated rings. The van der Waals surface area contributed by atoms with Crippen LogP contribution in [-0.4, -0.2) is 40.9 Å². The van der Waals surface area contributed by atoms with Crippen LogP contribution in [0, 0.1) is 23.7 Å². The number of likely N-dealkylation sites (tertiary alicyclic amines) is 1. The van der Waals surface area contributed by atoms with E-state index in [2.05, 4.69) is 66.3 Å². The summed E-state index contributed by atoms with van der Waals surface area (Å²) in [6.07, 6.45) is 15.5. The molecule has 1 aromatic carbocycles. The maximum absolute atomic E-state index is 14.4. The summed E-state index contributed by atoms with van der Waals surface area (Å²) in [5.41, 5.74) is 2.35. The lowest BCUT2D eigenvalue weighted by atomic mass is 9.56. The van der Waals surface area contributed by atoms with E-state index in [1.54, 1.807) is 25.4 Å². The van der Waals surface area contributed by atoms with E-state index in [0.717, 1.165) is 45.1 Å². The van der Waals surface area contributed by atoms with E-state index in [1.165, 1.54) is 37.7 Å². The van der Waals surface area contributed by atoms with E-state index >= 15 is 0 Å². The zero-order valence-corrected chi connectivity index (χ0v) is 26.9. The fourth-order valence-electron chi connectivity index (χ4n) is 8.45. The van der Waals surface area contributed by atoms with Gasteiger partial charge in [-0.3, -0.25) is 9.59 Å². The van der Waals surface area contributed by atoms with Crippen molar-refractivity contribution in [2.75, 3.05) is 19.0 Å². The summed E-state index contributed by atoms with van der Waals surface area (Å²) < 4.78 is 5.11. The molecule has 0 bridgehead atoms. The van der Waals surface area contributed by atoms with Crippen molar-refractivity contribution in [3.8, 4) is 5.88 Å². The summed E-state index contributed by atoms with van der Waals surface area (Å²) in [5.74, 6) is 2.30. The molecule has 2 saturated carbocycles. The lowest BCUT2D eigenvalue weighted by Gasteiger charge is -2.58. The third-order valence-corrected chi connectivity index (χ3v) is 11.6. The predicted octanol–water partition coefficient (Wildman–Crippen LogP) is 8.17. The molecule has 1 aliphatic heterocycles. The maximum Gasteiger partial charge on any atom is 0.226 e. The first kappa shape index (κ1) is 31.5. The minimum absolute atomic E-state index is 0.000904. The van der Waals surface area contributed by atoms with Gasteiger partial charge in [-0.05, 0) is 92.6 Å². The van der Waals surface area contributed by atoms with Crippen molar-refractivity contribution in [1.29, 1.82) is 0 Å². The number of pyridine rings is 1. The van der Waals surface area contributed by atoms with Crippen LogP contribution in [-0.2, 0) is 15.0 Å². The van der Waals surface area contributed by atoms with Gasteiger partial charge in [0.25, 0.3) is 0 Å². The van der Waals surface area contributed by atoms with E-state index in [0.29, 0.717) is 42.2 Å². The number of piperidine rings is 1. The average Bonchev–Trinajstić information content (AvgIpc) is 3.00. The number of amides is 2. The van der Waals surface area contributed by atoms with Gasteiger partial charge in [0.05, 0.1) is 19.0 Å². The highest BCUT2D eigenvalue weighted by Crippen LogP contribution is 2.54. The molecule has 3 aliphatic rings. The summed E-state index contributed by atoms with van der Waals surface area (Å²) in [6.45, 7) is 7.88. The molecule has 1 N–H and O–H groups in total. The number of nitrogens with one attached hydrogen (secondary N) is 1. The van der Waals surface area contributed by atoms with Crippen molar-refractivity contribution in [2.45, 2.75) is 115 Å². The lowest BCUT2D eigenvalue weighted by Crippen LogP contribution is -2.62. The number of nitrogens with zero attached hydrogens (tertiary/aromatic N) is 2. The number of anilines is 1. The number of aromatic nitrogens is 1. The van der Waals surface area contributed by atoms with Crippen LogP contribution in [0.25, 0.3) is 0 Å². The maximum atomic E-state index is 14.4. The second-order valence-electron chi connectivity index (χ2n) is 14.0. The third kappa shape index (κ3) is 6.78. The van der Waals surface area contributed by atoms with Crippen LogP contribution in [0.4, 0.5) is 5.69 Å². The van der Waals surface area contributed by atoms with E-state index in [1.807, 2.05) is 0 Å². The number of methoxy groups -OCH3 is 1. The normalized spacial score (nSPS) is 27.4. The van der Waals surface area contributed by atoms with Gasteiger partial charge in [0.15, 0.2) is 0 Å². The molecular weight excluding hydrogens is 534 g/mol. The van der Waals surface area contributed by atoms with Crippen LogP contribution in [0.3, 0.4) is 0 Å². The van der Waals surface area contributed by atoms with Gasteiger partial charge in [-0.1, -0.05) is 70.4 Å². The van der Waals surface area contributed by atoms with Crippen LogP contribution in [0.15, 0.2) is 48.7 Å². The number of rotatable bonds is 12. The first-order valence-corrected chi connectivity index (χ1v) is 17.0. The SMILES string of the molecule is CCCC(C)[C@]1(c2ccccc2)CC[C@@]2(CCC(C(C)CCC(=O)Nc3ccc(OC)nc3)C(=O)N2CC2CCC2)CC1. The highest BCUT2D eigenvalue weighted by Gasteiger charge is 2.53. The Labute approximate surface area is 259 Å². The van der Waals surface area contributed by atoms with E-state index in [9.17, 15) is 9.59 Å². The van der Waals surface area contributed by atoms with Gasteiger partial charge in [-0.25, -0.2) is 4.98 Å². The van der Waals surface area contributed by atoms with Gasteiger partial charge in [-0.2, -0.15) is 0 Å². The topological polar surface area (TPSA) is 71.5 Å². The predicted molar refractivity (Wildman–Crippen MR) is 173 cm³/mol. The quantitative estimate of drug-likeness (QED) is 0.272. The molecule has 234 valence electrons. The Balaban J connectivity index is 1.26. The average molecular weight is 588 g/mol. The number of carbonyl (C=O) groups excluding carboxylic acids is 2. The largest absolute Gasteiger partial charge is 0.481 e. The summed E-state index contributed by atoms with van der Waals surface area (Å²) >= 11 is 0. The zero-order valence-electron chi connectivity index (χ0n) is 26.9. The minimum atomic E-state index is -0.0319. The van der Waals surface area contributed by atoms with E-state index < -0.39 is 0 Å². The summed E-state index contributed by atoms with van der Waals surface area (Å²) in [4.78, 5) is 33.7. The molecule has 6 heteroatoms. The zero-order chi connectivity index (χ0) is 30.5. The Kier molecular flexibility index (Phi) is 10.1. The molecule has 2 heterocycles. The number of ether oxygens (including phenoxy) is 1. The second-order valence-corrected chi connectivity index (χ2v) is 14.0. The van der Waals surface area contributed by atoms with E-state index in [-0.39, 0.29) is 28.7 Å². The monoisotopic (exact) mass is 587 g/mol. The highest BCUT2D eigenvalue weighted by atomic mass is 16.5. The van der Waals surface area contributed by atoms with Crippen molar-refractivity contribution >= 4 is 17.5 Å². The van der Waals surface area contributed by atoms with Crippen LogP contribution >= 0.6 is 0 Å². The van der Waals surface area contributed by atoms with Crippen molar-refractivity contribution in [3.05, 3.63) is 54.2 Å². The smallest absolute Gasteiger partial charge is 0.226 e. The van der Waals surface area contributed by atoms with Crippen LogP contribution < -0.4 is 10.1 Å². The molecule has 2 amide bonds. The Morgan fingerprint density at radius 2 is 1.77 bits per heavy atom. The van der Waals surface area contributed by atoms with E-state index in [4.69, 9.17) is 4.74 Å². The minimum Gasteiger partial charge on any atom is -0.481 e. The van der Waals surface area contributed by atoms with Gasteiger partial charge >= 0.3 is 0 Å². The summed E-state index contributed by atoms with van der Waals surface area (Å²) in [5, 5.41) is 2.95. The van der Waals surface area contributed by atoms with Gasteiger partial charge < -0.3 is 15.0 Å². The molecule has 2 aromatic rings. The first-order chi connectivity index (χ1) is 20.8. The van der Waals surface area contributed by atoms with Crippen molar-refractivity contribution in [2.24, 2.45) is 23.7 Å². The molecule has 43 heavy (non-hydrogen) atoms. The molecule has 5 rings (SSSR count). The molecule has 1 saturated heterocycles. The summed E-state index contributed by atoms with van der Waals surface area (Å²) in [7, 11) is 1.57. The van der Waals surface area contributed by atoms with Gasteiger partial charge in [0.1, 0.15) is 0 Å². The Bertz CT molecular complexity index is 1200. The third-order valence-electron chi connectivity index (χ3n) is 11.6. The second kappa shape index (κ2) is 13.8. The first-order valence-electron chi connectivity index (χ1n) is 17.0. The summed E-state index contributed by atoms with van der Waals surface area (Å²) in [6, 6.07) is 14.8. The fraction of sp³-hybridized carbons (Fsp3) is 0.649. The molecule has 6 nitrogen and oxygen atoms in total. The van der Waals surface area contributed by atoms with Gasteiger partial charge in [-0.15, -0.1) is 0 Å². The van der Waals surface area contributed by atoms with Gasteiger partial charge in [0, 0.05) is 30.5 Å². The molecule has 1 aromatic heterocycles. The number of hydrogen-bond acceptors (Lipinski definition) is 4. The fourth-order valence-corrected chi connectivity index (χ4v) is 8.45. The van der Waals surface area contributed by atoms with Crippen molar-refractivity contribution in [1.82, 2.24) is 9.88 Å². The van der Waals surface area contributed by atoms with Crippen LogP contribution in [0.2, 0.25) is 0 Å². The number of carbonyl (C=O) groups is 2. The number of benzene rings is 1. The standard InChI is InChI=1S/C37H53N3O3/c1-5-10-28(3)37(30-13-7-6-8-14-30)23-21-36(22-24-37)20-19-32(35(42)40(36)26-29-11-9-12-29)27(2)15-17-33(41)39-31-16-18-34(43-4)38-25-31/h6-8,13-14,16,18,25,27-29,32H,5,9-12,15,17,19-24,26H2,1-4H3,(H,39,41)/t27?,28?,32?,36-,37-. The lowest BCUT2D eigenvalue weighted by molar-refractivity contribution is -0.156. The highest BCUT2D eigenvalue weighted by molar-refractivity contribution is 5.90. The van der Waals surface area contributed by atoms with Crippen molar-refractivity contribution in [3.63, 3.8) is 0 Å². The molecule has 0 radical (unpaired) electrons. The molecule has 1 spiro atoms. The molecule has 3 unspecified atom stereocenters. The van der Waals surface area contributed by atoms with Gasteiger partial charge in [0.2, 0.25) is 17.7 Å². The van der Waals surface area contributed by atoms with Crippen molar-refractivity contribution < 1.29 is 14.3 Å². The Hall–Kier alpha value is -2.89. The molecule has 2 aliphatic carbocycles. The number of hydrogen-bond donors (Lipinski definition) is 1. The van der Waals surface area contributed by atoms with Crippen LogP contribution in [0.5, 0.6) is 5.88 Å². The molecule has 3 atom stereocenters. The molecular formula is C37H53N3O3. The van der Waals surface area contributed by atoms with Crippen LogP contribution in [0.1, 0.15) is 110 Å².